The fraction of sp³-hybridized carbons (Fsp3) is 0.211. The number of benzene rings is 1. The number of carbonyl (C=O) groups excluding carboxylic acids is 1. The first-order valence-electron chi connectivity index (χ1n) is 8.52. The minimum absolute atomic E-state index is 0.128. The molecule has 3 aromatic heterocycles. The van der Waals surface area contributed by atoms with Gasteiger partial charge in [-0.2, -0.15) is 0 Å². The van der Waals surface area contributed by atoms with Gasteiger partial charge in [0, 0.05) is 18.3 Å². The lowest BCUT2D eigenvalue weighted by atomic mass is 10.0. The van der Waals surface area contributed by atoms with E-state index < -0.39 is 0 Å². The predicted octanol–water partition coefficient (Wildman–Crippen LogP) is 1.92. The van der Waals surface area contributed by atoms with Crippen LogP contribution < -0.4 is 10.1 Å². The SMILES string of the molecule is COc1ccc(-c2ncn3c2c(C)nc2[nH]ccc23)cc1C(=O)NCCO. The maximum Gasteiger partial charge on any atom is 0.255 e. The normalized spacial score (nSPS) is 11.2. The van der Waals surface area contributed by atoms with Crippen LogP contribution in [-0.4, -0.2) is 50.6 Å². The quantitative estimate of drug-likeness (QED) is 0.501. The van der Waals surface area contributed by atoms with Gasteiger partial charge in [-0.15, -0.1) is 0 Å². The highest BCUT2D eigenvalue weighted by Crippen LogP contribution is 2.31. The lowest BCUT2D eigenvalue weighted by Crippen LogP contribution is -2.26. The molecule has 0 aliphatic heterocycles. The smallest absolute Gasteiger partial charge is 0.255 e. The number of methoxy groups -OCH3 is 1. The van der Waals surface area contributed by atoms with E-state index in [9.17, 15) is 4.79 Å². The lowest BCUT2D eigenvalue weighted by Gasteiger charge is -2.11. The summed E-state index contributed by atoms with van der Waals surface area (Å²) in [4.78, 5) is 24.7. The predicted molar refractivity (Wildman–Crippen MR) is 101 cm³/mol. The second-order valence-corrected chi connectivity index (χ2v) is 6.12. The number of H-pyrrole nitrogens is 1. The number of ether oxygens (including phenoxy) is 1. The number of imidazole rings is 1. The molecule has 0 bridgehead atoms. The molecule has 0 aliphatic carbocycles. The molecule has 4 rings (SSSR count). The third-order valence-corrected chi connectivity index (χ3v) is 4.47. The van der Waals surface area contributed by atoms with E-state index in [2.05, 4.69) is 20.3 Å². The summed E-state index contributed by atoms with van der Waals surface area (Å²) in [6.45, 7) is 1.98. The van der Waals surface area contributed by atoms with Gasteiger partial charge in [0.05, 0.1) is 41.7 Å². The van der Waals surface area contributed by atoms with Crippen LogP contribution in [0.4, 0.5) is 0 Å². The Balaban J connectivity index is 1.87. The molecule has 4 aromatic rings. The number of aliphatic hydroxyl groups excluding tert-OH is 1. The minimum atomic E-state index is -0.311. The molecule has 0 unspecified atom stereocenters. The molecule has 1 amide bonds. The first-order valence-corrected chi connectivity index (χ1v) is 8.52. The van der Waals surface area contributed by atoms with Crippen LogP contribution in [0, 0.1) is 6.92 Å². The zero-order valence-electron chi connectivity index (χ0n) is 15.0. The number of carbonyl (C=O) groups is 1. The molecule has 0 fully saturated rings. The van der Waals surface area contributed by atoms with Crippen LogP contribution >= 0.6 is 0 Å². The van der Waals surface area contributed by atoms with E-state index in [1.807, 2.05) is 29.7 Å². The van der Waals surface area contributed by atoms with Crippen molar-refractivity contribution in [2.75, 3.05) is 20.3 Å². The topological polar surface area (TPSA) is 105 Å². The van der Waals surface area contributed by atoms with Crippen LogP contribution in [0.2, 0.25) is 0 Å². The van der Waals surface area contributed by atoms with Crippen LogP contribution in [0.25, 0.3) is 27.9 Å². The van der Waals surface area contributed by atoms with E-state index in [0.29, 0.717) is 11.3 Å². The van der Waals surface area contributed by atoms with E-state index in [1.54, 1.807) is 18.5 Å². The molecule has 0 aliphatic rings. The van der Waals surface area contributed by atoms with Crippen molar-refractivity contribution in [1.82, 2.24) is 24.7 Å². The second kappa shape index (κ2) is 6.73. The standard InChI is InChI=1S/C19H19N5O3/c1-11-17-16(22-10-24(17)14-5-6-20-18(14)23-11)12-3-4-15(27-2)13(9-12)19(26)21-7-8-25/h3-6,9-10,20,25H,7-8H2,1-2H3,(H,21,26). The Bertz CT molecular complexity index is 1150. The van der Waals surface area contributed by atoms with Gasteiger partial charge in [-0.1, -0.05) is 0 Å². The number of hydrogen-bond acceptors (Lipinski definition) is 5. The number of fused-ring (bicyclic) bond motifs is 3. The summed E-state index contributed by atoms with van der Waals surface area (Å²) >= 11 is 0. The van der Waals surface area contributed by atoms with E-state index in [0.717, 1.165) is 33.6 Å². The number of aryl methyl sites for hydroxylation is 1. The molecule has 1 aromatic carbocycles. The number of amides is 1. The summed E-state index contributed by atoms with van der Waals surface area (Å²) in [6.07, 6.45) is 3.60. The summed E-state index contributed by atoms with van der Waals surface area (Å²) in [5.41, 5.74) is 5.35. The van der Waals surface area contributed by atoms with Crippen LogP contribution in [-0.2, 0) is 0 Å². The summed E-state index contributed by atoms with van der Waals surface area (Å²) in [5.74, 6) is 0.148. The van der Waals surface area contributed by atoms with Crippen molar-refractivity contribution >= 4 is 22.6 Å². The van der Waals surface area contributed by atoms with Crippen molar-refractivity contribution in [3.8, 4) is 17.0 Å². The molecule has 3 N–H and O–H groups in total. The van der Waals surface area contributed by atoms with Gasteiger partial charge in [-0.05, 0) is 31.2 Å². The number of nitrogens with zero attached hydrogens (tertiary/aromatic N) is 3. The van der Waals surface area contributed by atoms with Crippen molar-refractivity contribution in [1.29, 1.82) is 0 Å². The fourth-order valence-electron chi connectivity index (χ4n) is 3.24. The largest absolute Gasteiger partial charge is 0.496 e. The maximum absolute atomic E-state index is 12.4. The van der Waals surface area contributed by atoms with Gasteiger partial charge in [0.25, 0.3) is 5.91 Å². The summed E-state index contributed by atoms with van der Waals surface area (Å²) < 4.78 is 7.30. The first-order chi connectivity index (χ1) is 13.1. The molecular weight excluding hydrogens is 346 g/mol. The highest BCUT2D eigenvalue weighted by molar-refractivity contribution is 5.99. The number of hydrogen-bond donors (Lipinski definition) is 3. The number of aromatic amines is 1. The number of rotatable bonds is 5. The zero-order valence-corrected chi connectivity index (χ0v) is 15.0. The van der Waals surface area contributed by atoms with Gasteiger partial charge >= 0.3 is 0 Å². The van der Waals surface area contributed by atoms with Crippen LogP contribution in [0.15, 0.2) is 36.8 Å². The highest BCUT2D eigenvalue weighted by atomic mass is 16.5. The summed E-state index contributed by atoms with van der Waals surface area (Å²) in [5, 5.41) is 11.6. The highest BCUT2D eigenvalue weighted by Gasteiger charge is 2.18. The number of nitrogens with one attached hydrogen (secondary N) is 2. The molecule has 8 nitrogen and oxygen atoms in total. The lowest BCUT2D eigenvalue weighted by molar-refractivity contribution is 0.0942. The van der Waals surface area contributed by atoms with E-state index >= 15 is 0 Å². The molecule has 8 heteroatoms. The van der Waals surface area contributed by atoms with Crippen molar-refractivity contribution in [3.63, 3.8) is 0 Å². The van der Waals surface area contributed by atoms with Gasteiger partial charge in [-0.3, -0.25) is 9.20 Å². The maximum atomic E-state index is 12.4. The van der Waals surface area contributed by atoms with Crippen molar-refractivity contribution in [3.05, 3.63) is 48.0 Å². The Morgan fingerprint density at radius 1 is 1.37 bits per heavy atom. The van der Waals surface area contributed by atoms with Crippen LogP contribution in [0.5, 0.6) is 5.75 Å². The van der Waals surface area contributed by atoms with E-state index in [1.165, 1.54) is 7.11 Å². The van der Waals surface area contributed by atoms with Gasteiger partial charge in [0.15, 0.2) is 5.65 Å². The van der Waals surface area contributed by atoms with Crippen LogP contribution in [0.3, 0.4) is 0 Å². The Hall–Kier alpha value is -3.39. The molecule has 27 heavy (non-hydrogen) atoms. The molecule has 0 saturated carbocycles. The van der Waals surface area contributed by atoms with Gasteiger partial charge in [0.1, 0.15) is 12.1 Å². The van der Waals surface area contributed by atoms with Crippen molar-refractivity contribution < 1.29 is 14.6 Å². The third kappa shape index (κ3) is 2.80. The average Bonchev–Trinajstić information content (AvgIpc) is 3.32. The molecular formula is C19H19N5O3. The van der Waals surface area contributed by atoms with Crippen LogP contribution in [0.1, 0.15) is 16.1 Å². The molecule has 0 radical (unpaired) electrons. The van der Waals surface area contributed by atoms with Crippen molar-refractivity contribution in [2.24, 2.45) is 0 Å². The zero-order chi connectivity index (χ0) is 19.0. The average molecular weight is 365 g/mol. The fourth-order valence-corrected chi connectivity index (χ4v) is 3.24. The molecule has 0 saturated heterocycles. The molecule has 0 atom stereocenters. The Labute approximate surface area is 154 Å². The molecule has 138 valence electrons. The monoisotopic (exact) mass is 365 g/mol. The number of aliphatic hydroxyl groups is 1. The molecule has 3 heterocycles. The van der Waals surface area contributed by atoms with E-state index in [4.69, 9.17) is 9.84 Å². The second-order valence-electron chi connectivity index (χ2n) is 6.12. The first kappa shape index (κ1) is 17.0. The van der Waals surface area contributed by atoms with E-state index in [-0.39, 0.29) is 19.1 Å². The van der Waals surface area contributed by atoms with Gasteiger partial charge in [0.2, 0.25) is 0 Å². The Morgan fingerprint density at radius 2 is 2.22 bits per heavy atom. The summed E-state index contributed by atoms with van der Waals surface area (Å²) in [6, 6.07) is 7.30. The minimum Gasteiger partial charge on any atom is -0.496 e. The van der Waals surface area contributed by atoms with Gasteiger partial charge < -0.3 is 20.1 Å². The third-order valence-electron chi connectivity index (χ3n) is 4.47. The summed E-state index contributed by atoms with van der Waals surface area (Å²) in [7, 11) is 1.51. The van der Waals surface area contributed by atoms with Gasteiger partial charge in [-0.25, -0.2) is 9.97 Å². The van der Waals surface area contributed by atoms with Crippen molar-refractivity contribution in [2.45, 2.75) is 6.92 Å². The Kier molecular flexibility index (Phi) is 4.25. The Morgan fingerprint density at radius 3 is 3.00 bits per heavy atom. The molecule has 0 spiro atoms. The number of aromatic nitrogens is 4.